The highest BCUT2D eigenvalue weighted by atomic mass is 16.2. The zero-order chi connectivity index (χ0) is 92.5. The van der Waals surface area contributed by atoms with E-state index in [9.17, 15) is 28.8 Å². The van der Waals surface area contributed by atoms with Crippen LogP contribution in [-0.2, 0) is 7.05 Å². The molecule has 23 heteroatoms. The standard InChI is InChI=1S/C26H23N3O.C25H25N5O.C21H21N3O.C20H19N3O2.C20H19N3O/c30-26(29-16-8-3-9-17-29)21-14-15-22-23(18-21)27-25(20-12-6-2-7-13-20)28-24(22)19-10-4-1-5-11-19;1-17-26-16-22(29(17)2)23-20-12-11-19(25(31)30-13-7-4-8-14-30)15-21(20)27-24(28-23)18-9-5-3-6-10-18;1-15-18-11-10-17(21(25)24-12-6-3-7-13-24)14-19(18)23-20(22-15)16-8-4-2-5-9-16;24-19-16-10-9-15(20(25)23-11-5-2-6-12-23)13-17(16)21-18(22-19)14-7-3-1-4-8-14;24-20(23-11-5-2-6-12-23)16-9-10-17-14-21-19(22-18(17)13-16)15-7-3-1-4-8-15/h1-2,4-7,10-15,18H,3,8-9,16-17H2;3,5-6,9-12,15-16H,4,7-8,13-14H2,1-2H3;2,4-5,8-11,14H,3,6-7,12-13H2,1H3;1,3-4,7-10,13H,2,5-6,11-12H2,(H,21,22,24);1,3-4,7-10,13-14H,2,5-6,11-12H2. The van der Waals surface area contributed by atoms with Crippen LogP contribution in [0.3, 0.4) is 0 Å². The molecule has 0 radical (unpaired) electrons. The average molecular weight is 1790 g/mol. The molecule has 6 aromatic heterocycles. The summed E-state index contributed by atoms with van der Waals surface area (Å²) in [6, 6.07) is 87.6. The molecule has 5 aliphatic heterocycles. The van der Waals surface area contributed by atoms with Crippen LogP contribution >= 0.6 is 0 Å². The fourth-order valence-electron chi connectivity index (χ4n) is 18.1. The lowest BCUT2D eigenvalue weighted by Crippen LogP contribution is -2.35. The number of aromatic nitrogens is 12. The Bertz CT molecular complexity index is 7180. The first-order chi connectivity index (χ1) is 66.2. The molecule has 0 spiro atoms. The highest BCUT2D eigenvalue weighted by molar-refractivity contribution is 6.04. The molecule has 135 heavy (non-hydrogen) atoms. The van der Waals surface area contributed by atoms with Gasteiger partial charge in [0.05, 0.1) is 50.6 Å². The molecule has 0 aliphatic carbocycles. The Morgan fingerprint density at radius 3 is 0.963 bits per heavy atom. The first kappa shape index (κ1) is 90.0. The molecule has 5 fully saturated rings. The summed E-state index contributed by atoms with van der Waals surface area (Å²) in [5.41, 5.74) is 16.3. The maximum Gasteiger partial charge on any atom is 0.259 e. The van der Waals surface area contributed by atoms with Crippen molar-refractivity contribution in [2.75, 3.05) is 65.4 Å². The monoisotopic (exact) mass is 1790 g/mol. The quantitative estimate of drug-likeness (QED) is 0.119. The van der Waals surface area contributed by atoms with Crippen LogP contribution < -0.4 is 5.56 Å². The minimum absolute atomic E-state index is 0.0185. The summed E-state index contributed by atoms with van der Waals surface area (Å²) in [5, 5.41) is 4.31. The molecule has 0 saturated carbocycles. The molecule has 23 nitrogen and oxygen atoms in total. The van der Waals surface area contributed by atoms with Gasteiger partial charge in [-0.1, -0.05) is 194 Å². The summed E-state index contributed by atoms with van der Waals surface area (Å²) in [4.78, 5) is 136. The molecule has 0 atom stereocenters. The second kappa shape index (κ2) is 42.4. The molecule has 0 unspecified atom stereocenters. The van der Waals surface area contributed by atoms with Crippen molar-refractivity contribution in [2.45, 2.75) is 110 Å². The highest BCUT2D eigenvalue weighted by Crippen LogP contribution is 2.35. The molecule has 11 aromatic carbocycles. The van der Waals surface area contributed by atoms with Crippen molar-refractivity contribution in [1.29, 1.82) is 0 Å². The van der Waals surface area contributed by atoms with E-state index in [0.717, 1.165) is 235 Å². The third-order valence-electron chi connectivity index (χ3n) is 25.7. The van der Waals surface area contributed by atoms with E-state index in [2.05, 4.69) is 42.0 Å². The maximum atomic E-state index is 13.1. The Kier molecular flexibility index (Phi) is 28.3. The number of carbonyl (C=O) groups excluding carboxylic acids is 5. The smallest absolute Gasteiger partial charge is 0.259 e. The van der Waals surface area contributed by atoms with Crippen molar-refractivity contribution in [2.24, 2.45) is 7.05 Å². The summed E-state index contributed by atoms with van der Waals surface area (Å²) in [6.07, 6.45) is 20.5. The molecular weight excluding hydrogens is 1680 g/mol. The van der Waals surface area contributed by atoms with Gasteiger partial charge < -0.3 is 34.1 Å². The number of hydrogen-bond donors (Lipinski definition) is 1. The van der Waals surface area contributed by atoms with Crippen LogP contribution in [0, 0.1) is 13.8 Å². The predicted octanol–water partition coefficient (Wildman–Crippen LogP) is 21.6. The van der Waals surface area contributed by atoms with Gasteiger partial charge >= 0.3 is 0 Å². The summed E-state index contributed by atoms with van der Waals surface area (Å²) >= 11 is 0. The summed E-state index contributed by atoms with van der Waals surface area (Å²) in [6.45, 7) is 12.3. The van der Waals surface area contributed by atoms with Crippen LogP contribution in [0.2, 0.25) is 0 Å². The number of amides is 5. The minimum atomic E-state index is -0.194. The van der Waals surface area contributed by atoms with Gasteiger partial charge in [0.2, 0.25) is 0 Å². The Morgan fingerprint density at radius 2 is 0.578 bits per heavy atom. The molecule has 22 rings (SSSR count). The van der Waals surface area contributed by atoms with E-state index in [1.807, 2.05) is 305 Å². The van der Waals surface area contributed by atoms with E-state index in [4.69, 9.17) is 24.9 Å². The van der Waals surface area contributed by atoms with E-state index in [1.54, 1.807) is 18.2 Å². The SMILES string of the molecule is Cc1nc(-c2ccccc2)nc2cc(C(=O)N3CCCCC3)ccc12.Cc1ncc(-c2nc(-c3ccccc3)nc3cc(C(=O)N4CCCCC4)ccc23)n1C.O=C(c1ccc2c(-c3ccccc3)nc(-c3ccccc3)nc2c1)N1CCCCC1.O=C(c1ccc2c(=O)[nH]c(-c3ccccc3)nc2c1)N1CCCCC1.O=C(c1ccc2cnc(-c3ccccc3)nc2c1)N1CCCCC1. The van der Waals surface area contributed by atoms with E-state index in [-0.39, 0.29) is 35.1 Å². The van der Waals surface area contributed by atoms with Gasteiger partial charge in [0, 0.05) is 167 Å². The molecule has 11 heterocycles. The van der Waals surface area contributed by atoms with E-state index in [1.165, 1.54) is 32.1 Å². The van der Waals surface area contributed by atoms with Gasteiger partial charge in [-0.05, 0) is 189 Å². The summed E-state index contributed by atoms with van der Waals surface area (Å²) in [7, 11) is 1.99. The van der Waals surface area contributed by atoms with Crippen LogP contribution in [0.4, 0.5) is 0 Å². The van der Waals surface area contributed by atoms with Gasteiger partial charge in [0.25, 0.3) is 35.1 Å². The fraction of sp³-hybridized carbons (Fsp3) is 0.250. The third kappa shape index (κ3) is 21.2. The van der Waals surface area contributed by atoms with E-state index < -0.39 is 0 Å². The molecule has 1 N–H and O–H groups in total. The number of carbonyl (C=O) groups is 5. The van der Waals surface area contributed by atoms with Gasteiger partial charge in [0.1, 0.15) is 17.3 Å². The number of hydrogen-bond acceptors (Lipinski definition) is 16. The lowest BCUT2D eigenvalue weighted by atomic mass is 10.0. The number of benzene rings is 11. The Morgan fingerprint density at radius 1 is 0.274 bits per heavy atom. The molecule has 17 aromatic rings. The zero-order valence-electron chi connectivity index (χ0n) is 76.4. The van der Waals surface area contributed by atoms with Crippen LogP contribution in [-0.4, -0.2) is 179 Å². The molecule has 0 bridgehead atoms. The second-order valence-electron chi connectivity index (χ2n) is 34.9. The molecular formula is C112H107N17O6. The summed E-state index contributed by atoms with van der Waals surface area (Å²) < 4.78 is 2.03. The first-order valence-electron chi connectivity index (χ1n) is 47.2. The number of nitrogens with one attached hydrogen (secondary N) is 1. The summed E-state index contributed by atoms with van der Waals surface area (Å²) in [5.74, 6) is 4.55. The average Bonchev–Trinajstić information content (AvgIpc) is 1.02. The molecule has 5 amide bonds. The maximum absolute atomic E-state index is 13.1. The number of nitrogens with zero attached hydrogens (tertiary/aromatic N) is 16. The van der Waals surface area contributed by atoms with Gasteiger partial charge in [-0.15, -0.1) is 0 Å². The van der Waals surface area contributed by atoms with Crippen LogP contribution in [0.5, 0.6) is 0 Å². The topological polar surface area (TPSA) is 268 Å². The van der Waals surface area contributed by atoms with Crippen molar-refractivity contribution >= 4 is 84.1 Å². The van der Waals surface area contributed by atoms with Gasteiger partial charge in [-0.3, -0.25) is 28.8 Å². The second-order valence-corrected chi connectivity index (χ2v) is 34.9. The highest BCUT2D eigenvalue weighted by Gasteiger charge is 2.27. The predicted molar refractivity (Wildman–Crippen MR) is 534 cm³/mol. The van der Waals surface area contributed by atoms with Crippen molar-refractivity contribution in [3.8, 4) is 79.6 Å². The lowest BCUT2D eigenvalue weighted by Gasteiger charge is -2.26. The number of aromatic amines is 1. The number of aryl methyl sites for hydroxylation is 2. The Hall–Kier alpha value is -15.5. The van der Waals surface area contributed by atoms with Crippen molar-refractivity contribution in [1.82, 2.24) is 83.9 Å². The van der Waals surface area contributed by atoms with Crippen molar-refractivity contribution in [3.63, 3.8) is 0 Å². The molecule has 5 saturated heterocycles. The lowest BCUT2D eigenvalue weighted by molar-refractivity contribution is 0.0717. The fourth-order valence-corrected chi connectivity index (χ4v) is 18.1. The van der Waals surface area contributed by atoms with Gasteiger partial charge in [-0.2, -0.15) is 0 Å². The normalized spacial score (nSPS) is 14.4. The van der Waals surface area contributed by atoms with Gasteiger partial charge in [0.15, 0.2) is 23.3 Å². The van der Waals surface area contributed by atoms with E-state index >= 15 is 0 Å². The Labute approximate surface area is 784 Å². The number of fused-ring (bicyclic) bond motifs is 5. The van der Waals surface area contributed by atoms with Crippen LogP contribution in [0.1, 0.15) is 160 Å². The number of likely N-dealkylation sites (tertiary alicyclic amines) is 5. The van der Waals surface area contributed by atoms with Gasteiger partial charge in [-0.25, -0.2) is 49.8 Å². The number of rotatable bonds is 12. The molecule has 676 valence electrons. The van der Waals surface area contributed by atoms with Crippen molar-refractivity contribution in [3.05, 3.63) is 335 Å². The van der Waals surface area contributed by atoms with E-state index in [0.29, 0.717) is 67.8 Å². The largest absolute Gasteiger partial charge is 0.339 e. The first-order valence-corrected chi connectivity index (χ1v) is 47.2. The number of H-pyrrole nitrogens is 1. The third-order valence-corrected chi connectivity index (χ3v) is 25.7. The minimum Gasteiger partial charge on any atom is -0.339 e. The molecule has 5 aliphatic rings. The Balaban J connectivity index is 0.000000113. The zero-order valence-corrected chi connectivity index (χ0v) is 76.4. The van der Waals surface area contributed by atoms with Crippen LogP contribution in [0.15, 0.2) is 290 Å². The number of piperidine rings is 5. The van der Waals surface area contributed by atoms with Crippen molar-refractivity contribution < 1.29 is 24.0 Å². The number of imidazole rings is 1. The van der Waals surface area contributed by atoms with Crippen LogP contribution in [0.25, 0.3) is 134 Å².